The highest BCUT2D eigenvalue weighted by Gasteiger charge is 2.38. The molecule has 1 saturated carbocycles. The molecule has 1 aromatic carbocycles. The Labute approximate surface area is 113 Å². The predicted octanol–water partition coefficient (Wildman–Crippen LogP) is 3.19. The van der Waals surface area contributed by atoms with E-state index < -0.39 is 5.41 Å². The fraction of sp³-hybridized carbons (Fsp3) is 0.600. The molecule has 2 nitrogen and oxygen atoms in total. The molecule has 0 heterocycles. The first-order valence-electron chi connectivity index (χ1n) is 6.88. The molecule has 1 aliphatic rings. The number of rotatable bonds is 3. The Hall–Kier alpha value is -1.16. The number of hydrogen-bond donors (Lipinski definition) is 1. The molecule has 0 unspecified atom stereocenters. The van der Waals surface area contributed by atoms with Crippen LogP contribution in [0, 0.1) is 11.6 Å². The molecule has 2 N–H and O–H groups in total. The van der Waals surface area contributed by atoms with Gasteiger partial charge in [-0.2, -0.15) is 0 Å². The van der Waals surface area contributed by atoms with E-state index in [0.717, 1.165) is 32.1 Å². The molecule has 1 fully saturated rings. The molecule has 2 rings (SSSR count). The lowest BCUT2D eigenvalue weighted by molar-refractivity contribution is 0.291. The molecule has 0 aromatic heterocycles. The maximum absolute atomic E-state index is 14.4. The Morgan fingerprint density at radius 3 is 2.21 bits per heavy atom. The highest BCUT2D eigenvalue weighted by Crippen LogP contribution is 2.44. The number of nitrogens with zero attached hydrogens (tertiary/aromatic N) is 1. The first-order valence-corrected chi connectivity index (χ1v) is 6.88. The molecule has 19 heavy (non-hydrogen) atoms. The van der Waals surface area contributed by atoms with Crippen molar-refractivity contribution in [3.05, 3.63) is 29.3 Å². The number of hydrogen-bond acceptors (Lipinski definition) is 2. The SMILES string of the molecule is CN(C)c1c(F)ccc(F)c1C1(CN)CCCCC1. The number of halogens is 2. The van der Waals surface area contributed by atoms with Crippen molar-refractivity contribution in [3.63, 3.8) is 0 Å². The third kappa shape index (κ3) is 2.46. The van der Waals surface area contributed by atoms with Crippen molar-refractivity contribution >= 4 is 5.69 Å². The average Bonchev–Trinajstić information content (AvgIpc) is 2.41. The van der Waals surface area contributed by atoms with Gasteiger partial charge in [-0.15, -0.1) is 0 Å². The highest BCUT2D eigenvalue weighted by atomic mass is 19.1. The van der Waals surface area contributed by atoms with E-state index in [4.69, 9.17) is 5.73 Å². The molecule has 4 heteroatoms. The second-order valence-electron chi connectivity index (χ2n) is 5.69. The van der Waals surface area contributed by atoms with Crippen LogP contribution in [0.15, 0.2) is 12.1 Å². The minimum absolute atomic E-state index is 0.336. The van der Waals surface area contributed by atoms with Gasteiger partial charge in [-0.1, -0.05) is 19.3 Å². The molecule has 0 atom stereocenters. The molecule has 1 aliphatic carbocycles. The lowest BCUT2D eigenvalue weighted by Gasteiger charge is -2.39. The molecule has 0 aliphatic heterocycles. The topological polar surface area (TPSA) is 29.3 Å². The van der Waals surface area contributed by atoms with Crippen LogP contribution < -0.4 is 10.6 Å². The molecule has 1 aromatic rings. The van der Waals surface area contributed by atoms with Gasteiger partial charge in [-0.25, -0.2) is 8.78 Å². The fourth-order valence-corrected chi connectivity index (χ4v) is 3.27. The summed E-state index contributed by atoms with van der Waals surface area (Å²) in [6.45, 7) is 0.369. The van der Waals surface area contributed by atoms with E-state index in [1.54, 1.807) is 19.0 Å². The van der Waals surface area contributed by atoms with Crippen LogP contribution in [-0.4, -0.2) is 20.6 Å². The van der Waals surface area contributed by atoms with E-state index in [2.05, 4.69) is 0 Å². The Morgan fingerprint density at radius 2 is 1.68 bits per heavy atom. The zero-order chi connectivity index (χ0) is 14.0. The minimum atomic E-state index is -0.413. The Balaban J connectivity index is 2.61. The summed E-state index contributed by atoms with van der Waals surface area (Å²) in [4.78, 5) is 1.65. The Bertz CT molecular complexity index is 452. The van der Waals surface area contributed by atoms with Gasteiger partial charge >= 0.3 is 0 Å². The van der Waals surface area contributed by atoms with Crippen LogP contribution in [0.4, 0.5) is 14.5 Å². The van der Waals surface area contributed by atoms with E-state index in [-0.39, 0.29) is 11.6 Å². The average molecular weight is 268 g/mol. The predicted molar refractivity (Wildman–Crippen MR) is 74.5 cm³/mol. The largest absolute Gasteiger partial charge is 0.375 e. The van der Waals surface area contributed by atoms with Crippen LogP contribution in [0.2, 0.25) is 0 Å². The van der Waals surface area contributed by atoms with Gasteiger partial charge in [0.1, 0.15) is 11.6 Å². The van der Waals surface area contributed by atoms with Gasteiger partial charge in [0.2, 0.25) is 0 Å². The summed E-state index contributed by atoms with van der Waals surface area (Å²) in [5, 5.41) is 0. The third-order valence-corrected chi connectivity index (χ3v) is 4.26. The molecule has 0 spiro atoms. The summed E-state index contributed by atoms with van der Waals surface area (Å²) in [5.74, 6) is -0.711. The molecule has 0 saturated heterocycles. The fourth-order valence-electron chi connectivity index (χ4n) is 3.27. The van der Waals surface area contributed by atoms with Crippen molar-refractivity contribution < 1.29 is 8.78 Å². The monoisotopic (exact) mass is 268 g/mol. The van der Waals surface area contributed by atoms with Gasteiger partial charge in [-0.3, -0.25) is 0 Å². The van der Waals surface area contributed by atoms with E-state index in [9.17, 15) is 8.78 Å². The Kier molecular flexibility index (Phi) is 4.09. The van der Waals surface area contributed by atoms with Gasteiger partial charge in [0.25, 0.3) is 0 Å². The highest BCUT2D eigenvalue weighted by molar-refractivity contribution is 5.58. The van der Waals surface area contributed by atoms with Gasteiger partial charge < -0.3 is 10.6 Å². The lowest BCUT2D eigenvalue weighted by Crippen LogP contribution is -2.39. The maximum Gasteiger partial charge on any atom is 0.146 e. The van der Waals surface area contributed by atoms with Crippen molar-refractivity contribution in [3.8, 4) is 0 Å². The molecule has 106 valence electrons. The second-order valence-corrected chi connectivity index (χ2v) is 5.69. The molecule has 0 amide bonds. The summed E-state index contributed by atoms with van der Waals surface area (Å²) in [5.41, 5.74) is 6.36. The van der Waals surface area contributed by atoms with Crippen LogP contribution >= 0.6 is 0 Å². The van der Waals surface area contributed by atoms with E-state index >= 15 is 0 Å². The van der Waals surface area contributed by atoms with Crippen LogP contribution in [0.3, 0.4) is 0 Å². The molecule has 0 radical (unpaired) electrons. The van der Waals surface area contributed by atoms with Crippen molar-refractivity contribution in [2.75, 3.05) is 25.5 Å². The van der Waals surface area contributed by atoms with Crippen LogP contribution in [0.1, 0.15) is 37.7 Å². The van der Waals surface area contributed by atoms with Gasteiger partial charge in [0.05, 0.1) is 5.69 Å². The zero-order valence-corrected chi connectivity index (χ0v) is 11.7. The number of anilines is 1. The molecular formula is C15H22F2N2. The summed E-state index contributed by atoms with van der Waals surface area (Å²) >= 11 is 0. The first kappa shape index (κ1) is 14.3. The minimum Gasteiger partial charge on any atom is -0.375 e. The van der Waals surface area contributed by atoms with Crippen molar-refractivity contribution in [2.45, 2.75) is 37.5 Å². The van der Waals surface area contributed by atoms with Crippen LogP contribution in [-0.2, 0) is 5.41 Å². The van der Waals surface area contributed by atoms with Gasteiger partial charge in [0, 0.05) is 31.6 Å². The van der Waals surface area contributed by atoms with Gasteiger partial charge in [-0.05, 0) is 25.0 Å². The first-order chi connectivity index (χ1) is 9.02. The molecule has 0 bridgehead atoms. The third-order valence-electron chi connectivity index (χ3n) is 4.26. The Morgan fingerprint density at radius 1 is 1.11 bits per heavy atom. The van der Waals surface area contributed by atoms with Gasteiger partial charge in [0.15, 0.2) is 0 Å². The maximum atomic E-state index is 14.4. The van der Waals surface area contributed by atoms with Crippen LogP contribution in [0.5, 0.6) is 0 Å². The number of benzene rings is 1. The number of nitrogens with two attached hydrogens (primary N) is 1. The van der Waals surface area contributed by atoms with Crippen LogP contribution in [0.25, 0.3) is 0 Å². The summed E-state index contributed by atoms with van der Waals surface area (Å²) in [6.07, 6.45) is 4.88. The smallest absolute Gasteiger partial charge is 0.146 e. The lowest BCUT2D eigenvalue weighted by atomic mass is 9.68. The quantitative estimate of drug-likeness (QED) is 0.912. The van der Waals surface area contributed by atoms with E-state index in [1.807, 2.05) is 0 Å². The summed E-state index contributed by atoms with van der Waals surface area (Å²) in [6, 6.07) is 2.42. The van der Waals surface area contributed by atoms with Crippen molar-refractivity contribution in [1.82, 2.24) is 0 Å². The van der Waals surface area contributed by atoms with Crippen molar-refractivity contribution in [2.24, 2.45) is 5.73 Å². The van der Waals surface area contributed by atoms with E-state index in [1.165, 1.54) is 12.1 Å². The zero-order valence-electron chi connectivity index (χ0n) is 11.7. The summed E-state index contributed by atoms with van der Waals surface area (Å²) in [7, 11) is 3.49. The molecular weight excluding hydrogens is 246 g/mol. The second kappa shape index (κ2) is 5.45. The normalized spacial score (nSPS) is 18.4. The standard InChI is InChI=1S/C15H22F2N2/c1-19(2)14-12(17)7-6-11(16)13(14)15(10-18)8-4-3-5-9-15/h6-7H,3-5,8-10,18H2,1-2H3. The van der Waals surface area contributed by atoms with Crippen molar-refractivity contribution in [1.29, 1.82) is 0 Å². The summed E-state index contributed by atoms with van der Waals surface area (Å²) < 4.78 is 28.5. The van der Waals surface area contributed by atoms with E-state index in [0.29, 0.717) is 17.8 Å².